The molecule has 4 rings (SSSR count). The van der Waals surface area contributed by atoms with Gasteiger partial charge in [-0.2, -0.15) is 0 Å². The Labute approximate surface area is 203 Å². The van der Waals surface area contributed by atoms with Crippen LogP contribution in [0.3, 0.4) is 0 Å². The summed E-state index contributed by atoms with van der Waals surface area (Å²) in [4.78, 5) is 33.1. The van der Waals surface area contributed by atoms with Crippen molar-refractivity contribution in [2.24, 2.45) is 0 Å². The molecule has 1 saturated heterocycles. The molecule has 0 spiro atoms. The van der Waals surface area contributed by atoms with Crippen LogP contribution in [-0.4, -0.2) is 60.9 Å². The number of hydrogen-bond acceptors (Lipinski definition) is 4. The number of carbonyl (C=O) groups is 2. The molecule has 182 valence electrons. The Hall–Kier alpha value is -2.86. The molecule has 2 unspecified atom stereocenters. The average molecular weight is 464 g/mol. The molecular formula is C28H37N3O3. The van der Waals surface area contributed by atoms with E-state index >= 15 is 0 Å². The number of hydrogen-bond donors (Lipinski definition) is 0. The molecular weight excluding hydrogens is 426 g/mol. The second-order valence-corrected chi connectivity index (χ2v) is 9.48. The molecule has 34 heavy (non-hydrogen) atoms. The fourth-order valence-corrected chi connectivity index (χ4v) is 5.46. The van der Waals surface area contributed by atoms with Crippen LogP contribution in [0.2, 0.25) is 0 Å². The number of ether oxygens (including phenoxy) is 1. The zero-order chi connectivity index (χ0) is 24.1. The number of carbonyl (C=O) groups excluding carboxylic acids is 2. The number of likely N-dealkylation sites (N-methyl/N-ethyl adjacent to an activating group) is 1. The molecule has 0 saturated carbocycles. The van der Waals surface area contributed by atoms with Crippen LogP contribution >= 0.6 is 0 Å². The van der Waals surface area contributed by atoms with Gasteiger partial charge in [-0.15, -0.1) is 0 Å². The van der Waals surface area contributed by atoms with Crippen LogP contribution < -0.4 is 9.64 Å². The van der Waals surface area contributed by atoms with E-state index in [1.165, 1.54) is 0 Å². The number of para-hydroxylation sites is 2. The maximum Gasteiger partial charge on any atom is 0.227 e. The fourth-order valence-electron chi connectivity index (χ4n) is 5.46. The van der Waals surface area contributed by atoms with Gasteiger partial charge in [-0.3, -0.25) is 14.5 Å². The van der Waals surface area contributed by atoms with Gasteiger partial charge in [0.15, 0.2) is 0 Å². The summed E-state index contributed by atoms with van der Waals surface area (Å²) >= 11 is 0. The minimum Gasteiger partial charge on any atom is -0.496 e. The van der Waals surface area contributed by atoms with E-state index in [4.69, 9.17) is 4.74 Å². The number of benzene rings is 2. The Kier molecular flexibility index (Phi) is 7.88. The van der Waals surface area contributed by atoms with Crippen molar-refractivity contribution < 1.29 is 14.3 Å². The molecule has 2 aromatic rings. The quantitative estimate of drug-likeness (QED) is 0.680. The predicted molar refractivity (Wildman–Crippen MR) is 135 cm³/mol. The number of fused-ring (bicyclic) bond motifs is 3. The topological polar surface area (TPSA) is 53.1 Å². The van der Waals surface area contributed by atoms with Crippen molar-refractivity contribution in [3.63, 3.8) is 0 Å². The van der Waals surface area contributed by atoms with Crippen LogP contribution in [0, 0.1) is 0 Å². The fraction of sp³-hybridized carbons (Fsp3) is 0.500. The monoisotopic (exact) mass is 463 g/mol. The first-order chi connectivity index (χ1) is 16.5. The van der Waals surface area contributed by atoms with Crippen molar-refractivity contribution in [3.05, 3.63) is 59.7 Å². The van der Waals surface area contributed by atoms with Crippen molar-refractivity contribution in [1.29, 1.82) is 0 Å². The minimum atomic E-state index is 0.0856. The molecule has 6 heteroatoms. The van der Waals surface area contributed by atoms with Gasteiger partial charge in [0.25, 0.3) is 0 Å². The molecule has 2 atom stereocenters. The summed E-state index contributed by atoms with van der Waals surface area (Å²) in [7, 11) is 3.83. The van der Waals surface area contributed by atoms with Gasteiger partial charge in [0.1, 0.15) is 5.75 Å². The normalized spacial score (nSPS) is 21.4. The van der Waals surface area contributed by atoms with Gasteiger partial charge in [0, 0.05) is 49.4 Å². The highest BCUT2D eigenvalue weighted by atomic mass is 16.5. The summed E-state index contributed by atoms with van der Waals surface area (Å²) in [5.41, 5.74) is 2.86. The maximum atomic E-state index is 13.7. The number of amides is 2. The first kappa shape index (κ1) is 24.3. The standard InChI is InChI=1S/C28H37N3O3/c1-4-27(32)31-17-16-23-12-9-13-24(29(23)2)20-30(19-22-11-5-7-14-25(22)31)28(33)18-21-10-6-8-15-26(21)34-3/h5-8,10-11,14-15,23-24H,4,9,12-13,16-20H2,1-3H3. The second-order valence-electron chi connectivity index (χ2n) is 9.48. The molecule has 2 bridgehead atoms. The van der Waals surface area contributed by atoms with E-state index in [0.717, 1.165) is 48.2 Å². The smallest absolute Gasteiger partial charge is 0.227 e. The zero-order valence-electron chi connectivity index (χ0n) is 20.7. The van der Waals surface area contributed by atoms with E-state index in [1.807, 2.05) is 59.2 Å². The van der Waals surface area contributed by atoms with Crippen molar-refractivity contribution in [2.45, 2.75) is 64.1 Å². The third-order valence-corrected chi connectivity index (χ3v) is 7.48. The molecule has 2 aliphatic heterocycles. The Morgan fingerprint density at radius 1 is 0.971 bits per heavy atom. The lowest BCUT2D eigenvalue weighted by Gasteiger charge is -2.42. The van der Waals surface area contributed by atoms with Crippen LogP contribution in [0.25, 0.3) is 0 Å². The molecule has 0 N–H and O–H groups in total. The summed E-state index contributed by atoms with van der Waals surface area (Å²) < 4.78 is 5.50. The third-order valence-electron chi connectivity index (χ3n) is 7.48. The number of nitrogens with zero attached hydrogens (tertiary/aromatic N) is 3. The van der Waals surface area contributed by atoms with E-state index in [-0.39, 0.29) is 11.8 Å². The van der Waals surface area contributed by atoms with Gasteiger partial charge >= 0.3 is 0 Å². The number of rotatable bonds is 4. The summed E-state index contributed by atoms with van der Waals surface area (Å²) in [5.74, 6) is 0.958. The number of anilines is 1. The average Bonchev–Trinajstić information content (AvgIpc) is 2.87. The van der Waals surface area contributed by atoms with E-state index < -0.39 is 0 Å². The maximum absolute atomic E-state index is 13.7. The van der Waals surface area contributed by atoms with Crippen LogP contribution in [0.5, 0.6) is 5.75 Å². The zero-order valence-corrected chi connectivity index (χ0v) is 20.7. The summed E-state index contributed by atoms with van der Waals surface area (Å²) in [6, 6.07) is 16.5. The Morgan fingerprint density at radius 2 is 1.71 bits per heavy atom. The van der Waals surface area contributed by atoms with Crippen molar-refractivity contribution in [2.75, 3.05) is 32.1 Å². The molecule has 2 aromatic carbocycles. The van der Waals surface area contributed by atoms with Gasteiger partial charge in [-0.05, 0) is 44.0 Å². The molecule has 2 heterocycles. The van der Waals surface area contributed by atoms with Crippen molar-refractivity contribution in [1.82, 2.24) is 9.80 Å². The first-order valence-electron chi connectivity index (χ1n) is 12.5. The van der Waals surface area contributed by atoms with E-state index in [1.54, 1.807) is 7.11 Å². The second kappa shape index (κ2) is 11.0. The lowest BCUT2D eigenvalue weighted by atomic mass is 9.93. The molecule has 1 fully saturated rings. The van der Waals surface area contributed by atoms with E-state index in [9.17, 15) is 9.59 Å². The number of methoxy groups -OCH3 is 1. The van der Waals surface area contributed by atoms with Crippen molar-refractivity contribution in [3.8, 4) is 5.75 Å². The predicted octanol–water partition coefficient (Wildman–Crippen LogP) is 4.27. The highest BCUT2D eigenvalue weighted by Crippen LogP contribution is 2.30. The Morgan fingerprint density at radius 3 is 2.50 bits per heavy atom. The third kappa shape index (κ3) is 5.27. The molecule has 2 aliphatic rings. The summed E-state index contributed by atoms with van der Waals surface area (Å²) in [6.07, 6.45) is 5.09. The lowest BCUT2D eigenvalue weighted by molar-refractivity contribution is -0.132. The van der Waals surface area contributed by atoms with Crippen LogP contribution in [0.15, 0.2) is 48.5 Å². The van der Waals surface area contributed by atoms with Crippen molar-refractivity contribution >= 4 is 17.5 Å². The van der Waals surface area contributed by atoms with Gasteiger partial charge in [-0.25, -0.2) is 0 Å². The van der Waals surface area contributed by atoms with E-state index in [2.05, 4.69) is 18.0 Å². The molecule has 2 amide bonds. The summed E-state index contributed by atoms with van der Waals surface area (Å²) in [6.45, 7) is 3.81. The number of piperidine rings is 1. The SMILES string of the molecule is CCC(=O)N1CCC2CCCC(CN(C(=O)Cc3ccccc3OC)Cc3ccccc31)N2C. The summed E-state index contributed by atoms with van der Waals surface area (Å²) in [5, 5.41) is 0. The minimum absolute atomic E-state index is 0.0856. The highest BCUT2D eigenvalue weighted by molar-refractivity contribution is 5.94. The van der Waals surface area contributed by atoms with Crippen LogP contribution in [-0.2, 0) is 22.6 Å². The van der Waals surface area contributed by atoms with Gasteiger partial charge in [0.05, 0.1) is 13.5 Å². The van der Waals surface area contributed by atoms with Crippen LogP contribution in [0.4, 0.5) is 5.69 Å². The Bertz CT molecular complexity index is 1010. The van der Waals surface area contributed by atoms with Gasteiger partial charge < -0.3 is 14.5 Å². The molecule has 0 aromatic heterocycles. The lowest BCUT2D eigenvalue weighted by Crippen LogP contribution is -2.51. The Balaban J connectivity index is 1.70. The van der Waals surface area contributed by atoms with Gasteiger partial charge in [0.2, 0.25) is 11.8 Å². The first-order valence-corrected chi connectivity index (χ1v) is 12.5. The molecule has 0 radical (unpaired) electrons. The molecule has 6 nitrogen and oxygen atoms in total. The molecule has 0 aliphatic carbocycles. The van der Waals surface area contributed by atoms with Crippen LogP contribution in [0.1, 0.15) is 50.2 Å². The highest BCUT2D eigenvalue weighted by Gasteiger charge is 2.32. The largest absolute Gasteiger partial charge is 0.496 e. The van der Waals surface area contributed by atoms with E-state index in [0.29, 0.717) is 44.6 Å². The van der Waals surface area contributed by atoms with Gasteiger partial charge in [-0.1, -0.05) is 49.7 Å².